The lowest BCUT2D eigenvalue weighted by Gasteiger charge is -2.06. The number of carbonyl (C=O) groups excluding carboxylic acids is 1. The number of aryl methyl sites for hydroxylation is 1. The Labute approximate surface area is 144 Å². The van der Waals surface area contributed by atoms with Gasteiger partial charge in [0.15, 0.2) is 5.82 Å². The number of nitro groups is 1. The molecule has 0 atom stereocenters. The molecule has 1 heterocycles. The first-order chi connectivity index (χ1) is 12.0. The van der Waals surface area contributed by atoms with Crippen LogP contribution in [0.15, 0.2) is 60.8 Å². The summed E-state index contributed by atoms with van der Waals surface area (Å²) < 4.78 is 1.71. The Balaban J connectivity index is 1.75. The van der Waals surface area contributed by atoms with E-state index >= 15 is 0 Å². The van der Waals surface area contributed by atoms with Crippen LogP contribution in [-0.4, -0.2) is 20.6 Å². The molecule has 2 aromatic carbocycles. The van der Waals surface area contributed by atoms with E-state index in [1.165, 1.54) is 18.2 Å². The lowest BCUT2D eigenvalue weighted by Crippen LogP contribution is -2.14. The van der Waals surface area contributed by atoms with E-state index in [9.17, 15) is 14.9 Å². The largest absolute Gasteiger partial charge is 0.305 e. The van der Waals surface area contributed by atoms with E-state index < -0.39 is 10.8 Å². The monoisotopic (exact) mass is 336 g/mol. The highest BCUT2D eigenvalue weighted by Crippen LogP contribution is 2.19. The van der Waals surface area contributed by atoms with Crippen molar-refractivity contribution in [2.24, 2.45) is 0 Å². The van der Waals surface area contributed by atoms with E-state index in [-0.39, 0.29) is 11.3 Å². The minimum absolute atomic E-state index is 0.000883. The van der Waals surface area contributed by atoms with Crippen LogP contribution in [0.4, 0.5) is 11.5 Å². The van der Waals surface area contributed by atoms with E-state index in [1.54, 1.807) is 23.0 Å². The standard InChI is InChI=1S/C18H16N4O3/c1-13-6-2-3-7-14(13)12-21-11-10-17(20-21)19-18(23)15-8-4-5-9-16(15)22(24)25/h2-11H,12H2,1H3,(H,19,20,23). The topological polar surface area (TPSA) is 90.1 Å². The van der Waals surface area contributed by atoms with Gasteiger partial charge < -0.3 is 5.32 Å². The van der Waals surface area contributed by atoms with Gasteiger partial charge in [0.2, 0.25) is 0 Å². The molecule has 126 valence electrons. The molecule has 0 saturated heterocycles. The molecule has 0 aliphatic carbocycles. The molecule has 0 aliphatic heterocycles. The average molecular weight is 336 g/mol. The fraction of sp³-hybridized carbons (Fsp3) is 0.111. The molecular formula is C18H16N4O3. The SMILES string of the molecule is Cc1ccccc1Cn1ccc(NC(=O)c2ccccc2[N+](=O)[O-])n1. The van der Waals surface area contributed by atoms with Crippen molar-refractivity contribution in [3.63, 3.8) is 0 Å². The highest BCUT2D eigenvalue weighted by molar-refractivity contribution is 6.06. The molecule has 25 heavy (non-hydrogen) atoms. The lowest BCUT2D eigenvalue weighted by atomic mass is 10.1. The van der Waals surface area contributed by atoms with Gasteiger partial charge in [-0.05, 0) is 24.1 Å². The smallest absolute Gasteiger partial charge is 0.282 e. The van der Waals surface area contributed by atoms with Gasteiger partial charge in [0, 0.05) is 18.3 Å². The van der Waals surface area contributed by atoms with Crippen molar-refractivity contribution in [2.45, 2.75) is 13.5 Å². The van der Waals surface area contributed by atoms with E-state index in [4.69, 9.17) is 0 Å². The molecule has 0 aliphatic rings. The Hall–Kier alpha value is -3.48. The Kier molecular flexibility index (Phi) is 4.56. The molecule has 0 unspecified atom stereocenters. The van der Waals surface area contributed by atoms with E-state index in [0.29, 0.717) is 12.4 Å². The molecule has 1 aromatic heterocycles. The third-order valence-corrected chi connectivity index (χ3v) is 3.82. The van der Waals surface area contributed by atoms with Gasteiger partial charge in [-0.3, -0.25) is 19.6 Å². The number of nitrogens with zero attached hydrogens (tertiary/aromatic N) is 3. The average Bonchev–Trinajstić information content (AvgIpc) is 3.04. The molecule has 0 fully saturated rings. The summed E-state index contributed by atoms with van der Waals surface area (Å²) in [6.07, 6.45) is 1.75. The van der Waals surface area contributed by atoms with E-state index in [2.05, 4.69) is 10.4 Å². The second kappa shape index (κ2) is 6.96. The van der Waals surface area contributed by atoms with Crippen LogP contribution in [0.25, 0.3) is 0 Å². The second-order valence-electron chi connectivity index (χ2n) is 5.55. The highest BCUT2D eigenvalue weighted by Gasteiger charge is 2.19. The summed E-state index contributed by atoms with van der Waals surface area (Å²) in [4.78, 5) is 22.7. The molecule has 3 rings (SSSR count). The van der Waals surface area contributed by atoms with Crippen molar-refractivity contribution in [2.75, 3.05) is 5.32 Å². The van der Waals surface area contributed by atoms with Crippen LogP contribution in [0.3, 0.4) is 0 Å². The number of nitrogens with one attached hydrogen (secondary N) is 1. The van der Waals surface area contributed by atoms with Gasteiger partial charge in [0.1, 0.15) is 5.56 Å². The van der Waals surface area contributed by atoms with Crippen LogP contribution in [0, 0.1) is 17.0 Å². The van der Waals surface area contributed by atoms with Crippen LogP contribution in [0.5, 0.6) is 0 Å². The van der Waals surface area contributed by atoms with Gasteiger partial charge in [-0.25, -0.2) is 0 Å². The number of aromatic nitrogens is 2. The summed E-state index contributed by atoms with van der Waals surface area (Å²) in [6.45, 7) is 2.60. The van der Waals surface area contributed by atoms with Crippen molar-refractivity contribution in [1.29, 1.82) is 0 Å². The maximum absolute atomic E-state index is 12.3. The minimum Gasteiger partial charge on any atom is -0.305 e. The predicted octanol–water partition coefficient (Wildman–Crippen LogP) is 3.40. The summed E-state index contributed by atoms with van der Waals surface area (Å²) in [6, 6.07) is 15.4. The summed E-state index contributed by atoms with van der Waals surface area (Å²) in [7, 11) is 0. The van der Waals surface area contributed by atoms with Crippen molar-refractivity contribution in [3.8, 4) is 0 Å². The van der Waals surface area contributed by atoms with Crippen LogP contribution in [-0.2, 0) is 6.54 Å². The second-order valence-corrected chi connectivity index (χ2v) is 5.55. The number of para-hydroxylation sites is 1. The molecule has 7 nitrogen and oxygen atoms in total. The van der Waals surface area contributed by atoms with Gasteiger partial charge >= 0.3 is 0 Å². The number of carbonyl (C=O) groups is 1. The van der Waals surface area contributed by atoms with Crippen LogP contribution < -0.4 is 5.32 Å². The quantitative estimate of drug-likeness (QED) is 0.571. The fourth-order valence-electron chi connectivity index (χ4n) is 2.49. The number of hydrogen-bond donors (Lipinski definition) is 1. The molecule has 7 heteroatoms. The van der Waals surface area contributed by atoms with Gasteiger partial charge in [-0.2, -0.15) is 5.10 Å². The summed E-state index contributed by atoms with van der Waals surface area (Å²) in [5.74, 6) is -0.217. The Bertz CT molecular complexity index is 933. The van der Waals surface area contributed by atoms with Crippen molar-refractivity contribution in [3.05, 3.63) is 87.6 Å². The van der Waals surface area contributed by atoms with Crippen molar-refractivity contribution < 1.29 is 9.72 Å². The number of anilines is 1. The number of amides is 1. The number of rotatable bonds is 5. The summed E-state index contributed by atoms with van der Waals surface area (Å²) in [5.41, 5.74) is 2.05. The zero-order valence-corrected chi connectivity index (χ0v) is 13.5. The van der Waals surface area contributed by atoms with E-state index in [0.717, 1.165) is 11.1 Å². The third-order valence-electron chi connectivity index (χ3n) is 3.82. The molecule has 0 saturated carbocycles. The lowest BCUT2D eigenvalue weighted by molar-refractivity contribution is -0.385. The first kappa shape index (κ1) is 16.4. The number of benzene rings is 2. The third kappa shape index (κ3) is 3.72. The maximum atomic E-state index is 12.3. The van der Waals surface area contributed by atoms with Crippen molar-refractivity contribution >= 4 is 17.4 Å². The summed E-state index contributed by atoms with van der Waals surface area (Å²) >= 11 is 0. The van der Waals surface area contributed by atoms with Crippen LogP contribution >= 0.6 is 0 Å². The zero-order valence-electron chi connectivity index (χ0n) is 13.5. The predicted molar refractivity (Wildman–Crippen MR) is 93.6 cm³/mol. The first-order valence-electron chi connectivity index (χ1n) is 7.67. The van der Waals surface area contributed by atoms with Gasteiger partial charge in [0.25, 0.3) is 11.6 Å². The van der Waals surface area contributed by atoms with Crippen molar-refractivity contribution in [1.82, 2.24) is 9.78 Å². The molecule has 1 amide bonds. The van der Waals surface area contributed by atoms with Gasteiger partial charge in [0.05, 0.1) is 11.5 Å². The molecule has 1 N–H and O–H groups in total. The van der Waals surface area contributed by atoms with E-state index in [1.807, 2.05) is 31.2 Å². The maximum Gasteiger partial charge on any atom is 0.282 e. The van der Waals surface area contributed by atoms with Crippen LogP contribution in [0.1, 0.15) is 21.5 Å². The van der Waals surface area contributed by atoms with Gasteiger partial charge in [-0.15, -0.1) is 0 Å². The summed E-state index contributed by atoms with van der Waals surface area (Å²) in [5, 5.41) is 17.9. The highest BCUT2D eigenvalue weighted by atomic mass is 16.6. The molecule has 0 radical (unpaired) electrons. The van der Waals surface area contributed by atoms with Crippen LogP contribution in [0.2, 0.25) is 0 Å². The number of hydrogen-bond acceptors (Lipinski definition) is 4. The molecule has 0 bridgehead atoms. The fourth-order valence-corrected chi connectivity index (χ4v) is 2.49. The molecular weight excluding hydrogens is 320 g/mol. The Morgan fingerprint density at radius 1 is 1.16 bits per heavy atom. The Morgan fingerprint density at radius 2 is 1.88 bits per heavy atom. The molecule has 3 aromatic rings. The minimum atomic E-state index is -0.578. The first-order valence-corrected chi connectivity index (χ1v) is 7.67. The number of nitro benzene ring substituents is 1. The van der Waals surface area contributed by atoms with Gasteiger partial charge in [-0.1, -0.05) is 36.4 Å². The normalized spacial score (nSPS) is 10.4. The zero-order chi connectivity index (χ0) is 17.8. The molecule has 0 spiro atoms. The Morgan fingerprint density at radius 3 is 2.64 bits per heavy atom.